The molecule has 1 aliphatic carbocycles. The number of hydrogen-bond donors (Lipinski definition) is 0. The third-order valence-corrected chi connectivity index (χ3v) is 4.54. The number of hydrogen-bond acceptors (Lipinski definition) is 3. The highest BCUT2D eigenvalue weighted by Gasteiger charge is 2.26. The lowest BCUT2D eigenvalue weighted by molar-refractivity contribution is 0.130. The number of aromatic nitrogens is 2. The molecule has 0 N–H and O–H groups in total. The fraction of sp³-hybridized carbons (Fsp3) is 0.765. The van der Waals surface area contributed by atoms with E-state index in [1.165, 1.54) is 37.8 Å². The van der Waals surface area contributed by atoms with Gasteiger partial charge in [0.25, 0.3) is 0 Å². The van der Waals surface area contributed by atoms with Gasteiger partial charge in [-0.3, -0.25) is 4.90 Å². The van der Waals surface area contributed by atoms with Gasteiger partial charge in [0.05, 0.1) is 5.69 Å². The van der Waals surface area contributed by atoms with E-state index in [0.717, 1.165) is 18.4 Å². The summed E-state index contributed by atoms with van der Waals surface area (Å²) < 4.78 is 0. The summed E-state index contributed by atoms with van der Waals surface area (Å²) in [6, 6.07) is 3.47. The van der Waals surface area contributed by atoms with Gasteiger partial charge in [-0.15, -0.1) is 0 Å². The molecule has 3 nitrogen and oxygen atoms in total. The van der Waals surface area contributed by atoms with Crippen LogP contribution in [0, 0.1) is 0 Å². The summed E-state index contributed by atoms with van der Waals surface area (Å²) in [4.78, 5) is 11.8. The van der Waals surface area contributed by atoms with Crippen LogP contribution in [0.25, 0.3) is 0 Å². The van der Waals surface area contributed by atoms with Crippen LogP contribution in [0.4, 0.5) is 0 Å². The molecule has 0 radical (unpaired) electrons. The minimum Gasteiger partial charge on any atom is -0.292 e. The standard InChI is InChI=1S/C17H29N3/c1-5-14(4)20(16-8-6-7-9-16)12-15-10-11-18-17(19-15)13(2)3/h10-11,13-14,16H,5-9,12H2,1-4H3/t14-/m1/s1. The molecule has 20 heavy (non-hydrogen) atoms. The van der Waals surface area contributed by atoms with Crippen molar-refractivity contribution in [3.8, 4) is 0 Å². The smallest absolute Gasteiger partial charge is 0.131 e. The predicted octanol–water partition coefficient (Wildman–Crippen LogP) is 4.14. The van der Waals surface area contributed by atoms with Gasteiger partial charge < -0.3 is 0 Å². The van der Waals surface area contributed by atoms with Crippen molar-refractivity contribution in [2.75, 3.05) is 0 Å². The Morgan fingerprint density at radius 2 is 1.95 bits per heavy atom. The fourth-order valence-corrected chi connectivity index (χ4v) is 3.08. The second-order valence-electron chi connectivity index (χ2n) is 6.43. The zero-order chi connectivity index (χ0) is 14.5. The van der Waals surface area contributed by atoms with E-state index in [1.807, 2.05) is 6.20 Å². The van der Waals surface area contributed by atoms with Crippen molar-refractivity contribution >= 4 is 0 Å². The topological polar surface area (TPSA) is 29.0 Å². The maximum absolute atomic E-state index is 4.75. The molecule has 0 aliphatic heterocycles. The molecular formula is C17H29N3. The van der Waals surface area contributed by atoms with Crippen LogP contribution < -0.4 is 0 Å². The van der Waals surface area contributed by atoms with Gasteiger partial charge in [0.1, 0.15) is 5.82 Å². The molecule has 0 aromatic carbocycles. The van der Waals surface area contributed by atoms with E-state index in [1.54, 1.807) is 0 Å². The summed E-state index contributed by atoms with van der Waals surface area (Å²) in [6.45, 7) is 9.92. The number of rotatable bonds is 6. The van der Waals surface area contributed by atoms with E-state index in [2.05, 4.69) is 43.6 Å². The Balaban J connectivity index is 2.12. The first-order chi connectivity index (χ1) is 9.61. The van der Waals surface area contributed by atoms with Gasteiger partial charge in [-0.05, 0) is 32.3 Å². The molecule has 1 fully saturated rings. The molecule has 0 bridgehead atoms. The van der Waals surface area contributed by atoms with Crippen molar-refractivity contribution < 1.29 is 0 Å². The van der Waals surface area contributed by atoms with Crippen LogP contribution in [0.15, 0.2) is 12.3 Å². The lowest BCUT2D eigenvalue weighted by atomic mass is 10.1. The van der Waals surface area contributed by atoms with E-state index in [0.29, 0.717) is 12.0 Å². The zero-order valence-electron chi connectivity index (χ0n) is 13.5. The Morgan fingerprint density at radius 1 is 1.25 bits per heavy atom. The average Bonchev–Trinajstić information content (AvgIpc) is 2.98. The Kier molecular flexibility index (Phi) is 5.53. The molecule has 1 aliphatic rings. The lowest BCUT2D eigenvalue weighted by Gasteiger charge is -2.33. The van der Waals surface area contributed by atoms with E-state index in [9.17, 15) is 0 Å². The van der Waals surface area contributed by atoms with Gasteiger partial charge >= 0.3 is 0 Å². The van der Waals surface area contributed by atoms with Gasteiger partial charge in [-0.1, -0.05) is 33.6 Å². The maximum Gasteiger partial charge on any atom is 0.131 e. The quantitative estimate of drug-likeness (QED) is 0.781. The summed E-state index contributed by atoms with van der Waals surface area (Å²) in [7, 11) is 0. The second kappa shape index (κ2) is 7.16. The molecule has 3 heteroatoms. The minimum absolute atomic E-state index is 0.401. The van der Waals surface area contributed by atoms with Gasteiger partial charge in [0.2, 0.25) is 0 Å². The Bertz CT molecular complexity index is 410. The summed E-state index contributed by atoms with van der Waals surface area (Å²) in [5.41, 5.74) is 1.18. The maximum atomic E-state index is 4.75. The summed E-state index contributed by atoms with van der Waals surface area (Å²) in [6.07, 6.45) is 8.61. The van der Waals surface area contributed by atoms with Crippen molar-refractivity contribution in [1.29, 1.82) is 0 Å². The van der Waals surface area contributed by atoms with Gasteiger partial charge in [-0.2, -0.15) is 0 Å². The Labute approximate surface area is 123 Å². The summed E-state index contributed by atoms with van der Waals surface area (Å²) in [5.74, 6) is 1.37. The molecule has 112 valence electrons. The van der Waals surface area contributed by atoms with Gasteiger partial charge in [0.15, 0.2) is 0 Å². The Hall–Kier alpha value is -0.960. The van der Waals surface area contributed by atoms with Gasteiger partial charge in [0, 0.05) is 30.7 Å². The molecule has 0 amide bonds. The molecule has 0 unspecified atom stereocenters. The fourth-order valence-electron chi connectivity index (χ4n) is 3.08. The third-order valence-electron chi connectivity index (χ3n) is 4.54. The number of nitrogens with zero attached hydrogens (tertiary/aromatic N) is 3. The van der Waals surface area contributed by atoms with Crippen molar-refractivity contribution in [2.24, 2.45) is 0 Å². The summed E-state index contributed by atoms with van der Waals surface area (Å²) in [5, 5.41) is 0. The molecule has 1 atom stereocenters. The highest BCUT2D eigenvalue weighted by Crippen LogP contribution is 2.27. The van der Waals surface area contributed by atoms with E-state index in [-0.39, 0.29) is 0 Å². The first-order valence-corrected chi connectivity index (χ1v) is 8.19. The SMILES string of the molecule is CC[C@@H](C)N(Cc1ccnc(C(C)C)n1)C1CCCC1. The third kappa shape index (κ3) is 3.78. The van der Waals surface area contributed by atoms with Crippen LogP contribution >= 0.6 is 0 Å². The molecule has 2 rings (SSSR count). The lowest BCUT2D eigenvalue weighted by Crippen LogP contribution is -2.39. The Morgan fingerprint density at radius 3 is 2.55 bits per heavy atom. The van der Waals surface area contributed by atoms with Gasteiger partial charge in [-0.25, -0.2) is 9.97 Å². The molecule has 1 aromatic heterocycles. The van der Waals surface area contributed by atoms with Crippen molar-refractivity contribution in [3.05, 3.63) is 23.8 Å². The average molecular weight is 275 g/mol. The highest BCUT2D eigenvalue weighted by molar-refractivity contribution is 5.05. The molecular weight excluding hydrogens is 246 g/mol. The van der Waals surface area contributed by atoms with E-state index < -0.39 is 0 Å². The second-order valence-corrected chi connectivity index (χ2v) is 6.43. The molecule has 0 saturated heterocycles. The van der Waals surface area contributed by atoms with Crippen LogP contribution in [0.5, 0.6) is 0 Å². The van der Waals surface area contributed by atoms with Crippen molar-refractivity contribution in [3.63, 3.8) is 0 Å². The monoisotopic (exact) mass is 275 g/mol. The van der Waals surface area contributed by atoms with E-state index in [4.69, 9.17) is 4.98 Å². The predicted molar refractivity (Wildman–Crippen MR) is 83.7 cm³/mol. The van der Waals surface area contributed by atoms with E-state index >= 15 is 0 Å². The van der Waals surface area contributed by atoms with Crippen LogP contribution in [-0.2, 0) is 6.54 Å². The molecule has 1 heterocycles. The summed E-state index contributed by atoms with van der Waals surface area (Å²) >= 11 is 0. The van der Waals surface area contributed by atoms with Crippen molar-refractivity contribution in [2.45, 2.75) is 84.3 Å². The van der Waals surface area contributed by atoms with Crippen LogP contribution in [0.2, 0.25) is 0 Å². The van der Waals surface area contributed by atoms with Crippen LogP contribution in [0.3, 0.4) is 0 Å². The molecule has 0 spiro atoms. The highest BCUT2D eigenvalue weighted by atomic mass is 15.2. The van der Waals surface area contributed by atoms with Crippen LogP contribution in [0.1, 0.15) is 77.2 Å². The normalized spacial score (nSPS) is 18.1. The molecule has 1 saturated carbocycles. The largest absolute Gasteiger partial charge is 0.292 e. The molecule has 1 aromatic rings. The minimum atomic E-state index is 0.401. The first kappa shape index (κ1) is 15.4. The van der Waals surface area contributed by atoms with Crippen LogP contribution in [-0.4, -0.2) is 27.0 Å². The first-order valence-electron chi connectivity index (χ1n) is 8.19. The zero-order valence-corrected chi connectivity index (χ0v) is 13.5. The van der Waals surface area contributed by atoms with Crippen molar-refractivity contribution in [1.82, 2.24) is 14.9 Å².